The van der Waals surface area contributed by atoms with Crippen molar-refractivity contribution in [3.63, 3.8) is 0 Å². The van der Waals surface area contributed by atoms with Gasteiger partial charge < -0.3 is 9.90 Å². The van der Waals surface area contributed by atoms with Crippen LogP contribution in [0.15, 0.2) is 18.2 Å². The Morgan fingerprint density at radius 3 is 3.00 bits per heavy atom. The Balaban J connectivity index is 2.68. The SMILES string of the molecule is O=C([O-])c1nc2ccc(Cl)cc2s1. The minimum atomic E-state index is -1.25. The molecular formula is C8H3ClNO2S-. The molecule has 2 rings (SSSR count). The van der Waals surface area contributed by atoms with Crippen LogP contribution in [0.5, 0.6) is 0 Å². The third-order valence-corrected chi connectivity index (χ3v) is 2.76. The Labute approximate surface area is 82.6 Å². The van der Waals surface area contributed by atoms with Crippen LogP contribution in [0.2, 0.25) is 5.02 Å². The summed E-state index contributed by atoms with van der Waals surface area (Å²) < 4.78 is 0.756. The predicted molar refractivity (Wildman–Crippen MR) is 49.0 cm³/mol. The summed E-state index contributed by atoms with van der Waals surface area (Å²) in [4.78, 5) is 14.3. The van der Waals surface area contributed by atoms with Crippen LogP contribution in [0, 0.1) is 0 Å². The number of carbonyl (C=O) groups is 1. The molecule has 0 saturated heterocycles. The molecule has 66 valence electrons. The van der Waals surface area contributed by atoms with Crippen molar-refractivity contribution < 1.29 is 9.90 Å². The van der Waals surface area contributed by atoms with Gasteiger partial charge in [-0.3, -0.25) is 0 Å². The van der Waals surface area contributed by atoms with Crippen molar-refractivity contribution in [2.75, 3.05) is 0 Å². The van der Waals surface area contributed by atoms with E-state index in [0.717, 1.165) is 16.0 Å². The summed E-state index contributed by atoms with van der Waals surface area (Å²) in [6, 6.07) is 5.03. The number of hydrogen-bond acceptors (Lipinski definition) is 4. The lowest BCUT2D eigenvalue weighted by Crippen LogP contribution is -2.21. The lowest BCUT2D eigenvalue weighted by atomic mass is 10.3. The van der Waals surface area contributed by atoms with Gasteiger partial charge in [0.2, 0.25) is 0 Å². The summed E-state index contributed by atoms with van der Waals surface area (Å²) in [5.41, 5.74) is 0.633. The van der Waals surface area contributed by atoms with Gasteiger partial charge in [-0.05, 0) is 18.2 Å². The van der Waals surface area contributed by atoms with Crippen molar-refractivity contribution in [1.29, 1.82) is 0 Å². The van der Waals surface area contributed by atoms with E-state index in [4.69, 9.17) is 11.6 Å². The molecule has 13 heavy (non-hydrogen) atoms. The Bertz CT molecular complexity index is 480. The number of hydrogen-bond donors (Lipinski definition) is 0. The lowest BCUT2D eigenvalue weighted by molar-refractivity contribution is -0.255. The number of halogens is 1. The monoisotopic (exact) mass is 212 g/mol. The van der Waals surface area contributed by atoms with Crippen molar-refractivity contribution in [3.8, 4) is 0 Å². The smallest absolute Gasteiger partial charge is 0.140 e. The molecule has 1 heterocycles. The number of benzene rings is 1. The molecule has 0 aliphatic rings. The van der Waals surface area contributed by atoms with Gasteiger partial charge in [-0.1, -0.05) is 11.6 Å². The van der Waals surface area contributed by atoms with Crippen molar-refractivity contribution in [1.82, 2.24) is 4.98 Å². The van der Waals surface area contributed by atoms with E-state index in [9.17, 15) is 9.90 Å². The van der Waals surface area contributed by atoms with Crippen LogP contribution in [-0.2, 0) is 0 Å². The average Bonchev–Trinajstić information content (AvgIpc) is 2.46. The first kappa shape index (κ1) is 8.47. The molecule has 0 spiro atoms. The summed E-state index contributed by atoms with van der Waals surface area (Å²) >= 11 is 6.79. The van der Waals surface area contributed by atoms with Crippen molar-refractivity contribution >= 4 is 39.1 Å². The average molecular weight is 213 g/mol. The van der Waals surface area contributed by atoms with Crippen LogP contribution < -0.4 is 5.11 Å². The van der Waals surface area contributed by atoms with E-state index < -0.39 is 5.97 Å². The molecule has 0 saturated carbocycles. The fraction of sp³-hybridized carbons (Fsp3) is 0. The van der Waals surface area contributed by atoms with Gasteiger partial charge in [-0.2, -0.15) is 0 Å². The number of rotatable bonds is 1. The van der Waals surface area contributed by atoms with Gasteiger partial charge in [0.05, 0.1) is 10.2 Å². The first-order valence-corrected chi connectivity index (χ1v) is 4.64. The third kappa shape index (κ3) is 1.50. The molecule has 0 radical (unpaired) electrons. The molecule has 0 amide bonds. The van der Waals surface area contributed by atoms with Gasteiger partial charge in [0.15, 0.2) is 0 Å². The van der Waals surface area contributed by atoms with Gasteiger partial charge in [0.1, 0.15) is 11.0 Å². The molecule has 0 atom stereocenters. The van der Waals surface area contributed by atoms with E-state index in [-0.39, 0.29) is 5.01 Å². The lowest BCUT2D eigenvalue weighted by Gasteiger charge is -1.90. The molecule has 0 aliphatic heterocycles. The first-order valence-electron chi connectivity index (χ1n) is 3.44. The molecule has 1 aromatic heterocycles. The molecule has 1 aromatic carbocycles. The Morgan fingerprint density at radius 1 is 1.54 bits per heavy atom. The van der Waals surface area contributed by atoms with E-state index in [2.05, 4.69) is 4.98 Å². The fourth-order valence-electron chi connectivity index (χ4n) is 0.986. The van der Waals surface area contributed by atoms with Crippen molar-refractivity contribution in [2.24, 2.45) is 0 Å². The number of nitrogens with zero attached hydrogens (tertiary/aromatic N) is 1. The Kier molecular flexibility index (Phi) is 1.94. The van der Waals surface area contributed by atoms with Crippen LogP contribution >= 0.6 is 22.9 Å². The maximum absolute atomic E-state index is 10.5. The number of aromatic carboxylic acids is 1. The van der Waals surface area contributed by atoms with Crippen molar-refractivity contribution in [3.05, 3.63) is 28.2 Å². The highest BCUT2D eigenvalue weighted by Gasteiger charge is 2.03. The maximum Gasteiger partial charge on any atom is 0.140 e. The normalized spacial score (nSPS) is 10.5. The van der Waals surface area contributed by atoms with Gasteiger partial charge in [0, 0.05) is 5.02 Å². The van der Waals surface area contributed by atoms with E-state index in [1.54, 1.807) is 18.2 Å². The highest BCUT2D eigenvalue weighted by atomic mass is 35.5. The molecule has 5 heteroatoms. The molecule has 3 nitrogen and oxygen atoms in total. The summed E-state index contributed by atoms with van der Waals surface area (Å²) in [6.45, 7) is 0. The molecule has 2 aromatic rings. The molecule has 0 N–H and O–H groups in total. The molecule has 0 fully saturated rings. The Hall–Kier alpha value is -1.13. The topological polar surface area (TPSA) is 53.0 Å². The second-order valence-corrected chi connectivity index (χ2v) is 3.89. The van der Waals surface area contributed by atoms with Crippen LogP contribution in [0.25, 0.3) is 10.2 Å². The molecule has 0 bridgehead atoms. The van der Waals surface area contributed by atoms with Gasteiger partial charge in [-0.15, -0.1) is 11.3 Å². The van der Waals surface area contributed by atoms with E-state index in [1.807, 2.05) is 0 Å². The third-order valence-electron chi connectivity index (χ3n) is 1.53. The highest BCUT2D eigenvalue weighted by Crippen LogP contribution is 2.24. The zero-order valence-electron chi connectivity index (χ0n) is 6.28. The van der Waals surface area contributed by atoms with E-state index >= 15 is 0 Å². The van der Waals surface area contributed by atoms with Crippen LogP contribution in [-0.4, -0.2) is 11.0 Å². The minimum absolute atomic E-state index is 0.0164. The van der Waals surface area contributed by atoms with Crippen molar-refractivity contribution in [2.45, 2.75) is 0 Å². The molecular weight excluding hydrogens is 210 g/mol. The van der Waals surface area contributed by atoms with Crippen LogP contribution in [0.4, 0.5) is 0 Å². The number of carboxylic acids is 1. The zero-order chi connectivity index (χ0) is 9.42. The summed E-state index contributed by atoms with van der Waals surface area (Å²) in [7, 11) is 0. The number of carbonyl (C=O) groups excluding carboxylic acids is 1. The van der Waals surface area contributed by atoms with E-state index in [1.165, 1.54) is 0 Å². The van der Waals surface area contributed by atoms with Gasteiger partial charge in [-0.25, -0.2) is 4.98 Å². The highest BCUT2D eigenvalue weighted by molar-refractivity contribution is 7.20. The van der Waals surface area contributed by atoms with E-state index in [0.29, 0.717) is 10.5 Å². The number of thiazole rings is 1. The summed E-state index contributed by atoms with van der Waals surface area (Å²) in [5.74, 6) is -1.25. The zero-order valence-corrected chi connectivity index (χ0v) is 7.85. The number of fused-ring (bicyclic) bond motifs is 1. The maximum atomic E-state index is 10.5. The van der Waals surface area contributed by atoms with Crippen LogP contribution in [0.3, 0.4) is 0 Å². The predicted octanol–water partition coefficient (Wildman–Crippen LogP) is 1.31. The van der Waals surface area contributed by atoms with Crippen LogP contribution in [0.1, 0.15) is 9.80 Å². The second-order valence-electron chi connectivity index (χ2n) is 2.42. The second kappa shape index (κ2) is 2.97. The first-order chi connectivity index (χ1) is 6.16. The quantitative estimate of drug-likeness (QED) is 0.716. The number of aromatic nitrogens is 1. The molecule has 0 unspecified atom stereocenters. The summed E-state index contributed by atoms with van der Waals surface area (Å²) in [5, 5.41) is 11.0. The Morgan fingerprint density at radius 2 is 2.31 bits per heavy atom. The molecule has 0 aliphatic carbocycles. The number of carboxylic acid groups (broad SMARTS) is 1. The van der Waals surface area contributed by atoms with Gasteiger partial charge >= 0.3 is 0 Å². The largest absolute Gasteiger partial charge is 0.542 e. The standard InChI is InChI=1S/C8H4ClNO2S/c9-4-1-2-5-6(3-4)13-7(10-5)8(11)12/h1-3H,(H,11,12)/p-1. The van der Waals surface area contributed by atoms with Gasteiger partial charge in [0.25, 0.3) is 0 Å². The summed E-state index contributed by atoms with van der Waals surface area (Å²) in [6.07, 6.45) is 0. The fourth-order valence-corrected chi connectivity index (χ4v) is 2.06. The minimum Gasteiger partial charge on any atom is -0.542 e.